The molecule has 11 heteroatoms. The van der Waals surface area contributed by atoms with Crippen LogP contribution in [-0.2, 0) is 25.2 Å². The average Bonchev–Trinajstić information content (AvgIpc) is 3.66. The maximum atomic E-state index is 13.3. The molecular weight excluding hydrogens is 527 g/mol. The van der Waals surface area contributed by atoms with Crippen LogP contribution in [0.2, 0.25) is 0 Å². The number of aromatic nitrogens is 6. The predicted octanol–water partition coefficient (Wildman–Crippen LogP) is 3.37. The highest BCUT2D eigenvalue weighted by molar-refractivity contribution is 7.64. The zero-order valence-electron chi connectivity index (χ0n) is 21.7. The summed E-state index contributed by atoms with van der Waals surface area (Å²) < 4.78 is 18.4. The van der Waals surface area contributed by atoms with Crippen molar-refractivity contribution in [3.63, 3.8) is 0 Å². The fraction of sp³-hybridized carbons (Fsp3) is 0.103. The number of hydrogen-bond acceptors (Lipinski definition) is 5. The second-order valence-corrected chi connectivity index (χ2v) is 11.6. The molecule has 3 heterocycles. The van der Waals surface area contributed by atoms with Gasteiger partial charge < -0.3 is 9.46 Å². The lowest BCUT2D eigenvalue weighted by Gasteiger charge is -2.14. The second kappa shape index (κ2) is 9.75. The van der Waals surface area contributed by atoms with Crippen molar-refractivity contribution >= 4 is 24.0 Å². The van der Waals surface area contributed by atoms with Crippen LogP contribution in [0.1, 0.15) is 5.56 Å². The van der Waals surface area contributed by atoms with Crippen molar-refractivity contribution in [1.29, 1.82) is 0 Å². The summed E-state index contributed by atoms with van der Waals surface area (Å²) in [6.07, 6.45) is 4.18. The zero-order chi connectivity index (χ0) is 28.0. The monoisotopic (exact) mass is 552 g/mol. The van der Waals surface area contributed by atoms with Gasteiger partial charge in [0.05, 0.1) is 5.30 Å². The highest BCUT2D eigenvalue weighted by Gasteiger charge is 2.25. The van der Waals surface area contributed by atoms with Gasteiger partial charge in [0.2, 0.25) is 0 Å². The summed E-state index contributed by atoms with van der Waals surface area (Å²) in [4.78, 5) is 45.3. The number of rotatable bonds is 6. The van der Waals surface area contributed by atoms with Crippen LogP contribution in [0, 0.1) is 0 Å². The summed E-state index contributed by atoms with van der Waals surface area (Å²) in [6, 6.07) is 24.6. The average molecular weight is 553 g/mol. The van der Waals surface area contributed by atoms with E-state index in [0.29, 0.717) is 23.4 Å². The van der Waals surface area contributed by atoms with Crippen LogP contribution in [0.15, 0.2) is 107 Å². The third-order valence-corrected chi connectivity index (χ3v) is 8.85. The Balaban J connectivity index is 1.47. The minimum Gasteiger partial charge on any atom is -0.326 e. The molecule has 0 fully saturated rings. The van der Waals surface area contributed by atoms with Gasteiger partial charge in [0, 0.05) is 38.6 Å². The number of imidazole rings is 2. The van der Waals surface area contributed by atoms with E-state index in [4.69, 9.17) is 4.98 Å². The van der Waals surface area contributed by atoms with Crippen molar-refractivity contribution in [3.8, 4) is 22.5 Å². The molecule has 0 aliphatic heterocycles. The van der Waals surface area contributed by atoms with Crippen LogP contribution < -0.4 is 16.6 Å². The number of hydrogen-bond donors (Lipinski definition) is 1. The van der Waals surface area contributed by atoms with E-state index in [-0.39, 0.29) is 11.0 Å². The second-order valence-electron chi connectivity index (χ2n) is 9.50. The normalized spacial score (nSPS) is 13.0. The van der Waals surface area contributed by atoms with Crippen LogP contribution in [-0.4, -0.2) is 32.9 Å². The smallest absolute Gasteiger partial charge is 0.326 e. The Hall–Kier alpha value is -4.79. The van der Waals surface area contributed by atoms with E-state index in [1.165, 1.54) is 34.7 Å². The van der Waals surface area contributed by atoms with Gasteiger partial charge in [-0.15, -0.1) is 0 Å². The summed E-state index contributed by atoms with van der Waals surface area (Å²) in [5, 5.41) is 0.219. The van der Waals surface area contributed by atoms with Gasteiger partial charge >= 0.3 is 13.2 Å². The van der Waals surface area contributed by atoms with Crippen molar-refractivity contribution < 1.29 is 9.46 Å². The lowest BCUT2D eigenvalue weighted by molar-refractivity contribution is 0.479. The van der Waals surface area contributed by atoms with Gasteiger partial charge in [-0.2, -0.15) is 0 Å². The van der Waals surface area contributed by atoms with Crippen LogP contribution in [0.5, 0.6) is 0 Å². The molecule has 0 aliphatic carbocycles. The van der Waals surface area contributed by atoms with Crippen LogP contribution >= 0.6 is 7.52 Å². The van der Waals surface area contributed by atoms with E-state index < -0.39 is 18.8 Å². The highest BCUT2D eigenvalue weighted by atomic mass is 31.2. The molecule has 6 rings (SSSR count). The first-order chi connectivity index (χ1) is 19.3. The summed E-state index contributed by atoms with van der Waals surface area (Å²) in [5.74, 6) is 0.461. The number of benzene rings is 3. The van der Waals surface area contributed by atoms with Gasteiger partial charge in [0.1, 0.15) is 12.2 Å². The van der Waals surface area contributed by atoms with Crippen molar-refractivity contribution in [2.75, 3.05) is 0 Å². The molecule has 6 aromatic rings. The molecule has 1 atom stereocenters. The fourth-order valence-electron chi connectivity index (χ4n) is 4.79. The number of aryl methyl sites for hydroxylation is 1. The van der Waals surface area contributed by atoms with Gasteiger partial charge in [0.15, 0.2) is 11.2 Å². The van der Waals surface area contributed by atoms with Gasteiger partial charge in [-0.05, 0) is 28.8 Å². The van der Waals surface area contributed by atoms with E-state index in [2.05, 4.69) is 4.98 Å². The lowest BCUT2D eigenvalue weighted by Crippen LogP contribution is -2.37. The van der Waals surface area contributed by atoms with Crippen LogP contribution in [0.3, 0.4) is 0 Å². The number of nitrogens with zero attached hydrogens (tertiary/aromatic N) is 6. The van der Waals surface area contributed by atoms with Crippen molar-refractivity contribution in [3.05, 3.63) is 124 Å². The number of fused-ring (bicyclic) bond motifs is 1. The topological polar surface area (TPSA) is 117 Å². The molecule has 0 spiro atoms. The van der Waals surface area contributed by atoms with Crippen molar-refractivity contribution in [2.45, 2.75) is 6.54 Å². The third-order valence-electron chi connectivity index (χ3n) is 7.02. The largest absolute Gasteiger partial charge is 0.332 e. The Kier molecular flexibility index (Phi) is 6.21. The van der Waals surface area contributed by atoms with Crippen LogP contribution in [0.25, 0.3) is 33.7 Å². The summed E-state index contributed by atoms with van der Waals surface area (Å²) in [7, 11) is -0.863. The van der Waals surface area contributed by atoms with Gasteiger partial charge in [-0.1, -0.05) is 66.7 Å². The molecule has 0 aliphatic rings. The lowest BCUT2D eigenvalue weighted by atomic mass is 10.0. The molecule has 0 amide bonds. The minimum atomic E-state index is -3.89. The molecule has 0 saturated carbocycles. The molecule has 0 radical (unpaired) electrons. The molecule has 3 aromatic carbocycles. The molecule has 1 unspecified atom stereocenters. The Morgan fingerprint density at radius 1 is 0.825 bits per heavy atom. The Labute approximate surface area is 228 Å². The first-order valence-corrected chi connectivity index (χ1v) is 14.1. The van der Waals surface area contributed by atoms with E-state index in [1.807, 2.05) is 54.6 Å². The quantitative estimate of drug-likeness (QED) is 0.317. The van der Waals surface area contributed by atoms with Gasteiger partial charge in [-0.3, -0.25) is 22.8 Å². The van der Waals surface area contributed by atoms with Gasteiger partial charge in [0.25, 0.3) is 5.56 Å². The third kappa shape index (κ3) is 4.23. The van der Waals surface area contributed by atoms with Crippen molar-refractivity contribution in [1.82, 2.24) is 28.0 Å². The molecule has 0 saturated heterocycles. The molecule has 1 N–H and O–H groups in total. The SMILES string of the molecule is Cn1c(=O)c2c(nc(-c3ccc(P(=O)(O)n4ccnc4)cc3)n2Cc2ccc(-c3ccccc3)cc2)n(C)c1=O. The zero-order valence-corrected chi connectivity index (χ0v) is 22.6. The molecule has 200 valence electrons. The van der Waals surface area contributed by atoms with Crippen molar-refractivity contribution in [2.24, 2.45) is 14.1 Å². The maximum Gasteiger partial charge on any atom is 0.332 e. The first kappa shape index (κ1) is 25.5. The molecule has 3 aromatic heterocycles. The standard InChI is InChI=1S/C29H25N6O4P/c1-32-27-25(28(36)33(2)29(32)37)35(18-20-8-10-22(11-9-20)21-6-4-3-5-7-21)26(31-27)23-12-14-24(15-13-23)40(38,39)34-17-16-30-19-34/h3-17,19H,18H2,1-2H3,(H,38,39). The minimum absolute atomic E-state index is 0.219. The summed E-state index contributed by atoms with van der Waals surface area (Å²) in [6.45, 7) is 0.323. The van der Waals surface area contributed by atoms with E-state index in [9.17, 15) is 19.0 Å². The van der Waals surface area contributed by atoms with E-state index >= 15 is 0 Å². The van der Waals surface area contributed by atoms with Crippen LogP contribution in [0.4, 0.5) is 0 Å². The Morgan fingerprint density at radius 3 is 2.12 bits per heavy atom. The Morgan fingerprint density at radius 2 is 1.48 bits per heavy atom. The summed E-state index contributed by atoms with van der Waals surface area (Å²) >= 11 is 0. The van der Waals surface area contributed by atoms with Gasteiger partial charge in [-0.25, -0.2) is 14.8 Å². The molecule has 10 nitrogen and oxygen atoms in total. The molecular formula is C29H25N6O4P. The fourth-order valence-corrected chi connectivity index (χ4v) is 6.03. The predicted molar refractivity (Wildman–Crippen MR) is 154 cm³/mol. The highest BCUT2D eigenvalue weighted by Crippen LogP contribution is 2.41. The summed E-state index contributed by atoms with van der Waals surface area (Å²) in [5.41, 5.74) is 3.37. The maximum absolute atomic E-state index is 13.3. The van der Waals surface area contributed by atoms with E-state index in [1.54, 1.807) is 35.9 Å². The molecule has 40 heavy (non-hydrogen) atoms. The molecule has 0 bridgehead atoms. The first-order valence-electron chi connectivity index (χ1n) is 12.5. The van der Waals surface area contributed by atoms with E-state index in [0.717, 1.165) is 21.3 Å². The Bertz CT molecular complexity index is 2010.